The molecule has 2 heterocycles. The van der Waals surface area contributed by atoms with E-state index in [0.717, 1.165) is 22.4 Å². The van der Waals surface area contributed by atoms with Gasteiger partial charge in [-0.15, -0.1) is 0 Å². The van der Waals surface area contributed by atoms with Crippen LogP contribution in [0.15, 0.2) is 5.47 Å². The summed E-state index contributed by atoms with van der Waals surface area (Å²) in [6.07, 6.45) is 1.52. The molecule has 1 aliphatic heterocycles. The smallest absolute Gasteiger partial charge is 0.444 e. The van der Waals surface area contributed by atoms with Gasteiger partial charge in [0.1, 0.15) is 5.60 Å². The van der Waals surface area contributed by atoms with Gasteiger partial charge in [0.15, 0.2) is 0 Å². The van der Waals surface area contributed by atoms with E-state index in [-0.39, 0.29) is 6.54 Å². The second-order valence-corrected chi connectivity index (χ2v) is 9.37. The van der Waals surface area contributed by atoms with Crippen LogP contribution in [0.4, 0.5) is 4.79 Å². The molecule has 2 rings (SSSR count). The fourth-order valence-corrected chi connectivity index (χ4v) is 2.87. The Hall–Kier alpha value is -1.80. The summed E-state index contributed by atoms with van der Waals surface area (Å²) < 4.78 is 19.6. The molecule has 8 heteroatoms. The molecule has 0 spiro atoms. The summed E-state index contributed by atoms with van der Waals surface area (Å²) in [5, 5.41) is 7.29. The lowest BCUT2D eigenvalue weighted by atomic mass is 9.76. The second-order valence-electron chi connectivity index (χ2n) is 9.37. The molecule has 1 fully saturated rings. The van der Waals surface area contributed by atoms with E-state index in [2.05, 4.69) is 10.4 Å². The Morgan fingerprint density at radius 3 is 2.18 bits per heavy atom. The average molecular weight is 391 g/mol. The Balaban J connectivity index is 2.32. The van der Waals surface area contributed by atoms with Crippen molar-refractivity contribution in [2.24, 2.45) is 7.05 Å². The molecule has 1 aromatic heterocycles. The molecule has 0 unspecified atom stereocenters. The molecular weight excluding hydrogens is 357 g/mol. The van der Waals surface area contributed by atoms with Gasteiger partial charge in [0, 0.05) is 24.8 Å². The highest BCUT2D eigenvalue weighted by Gasteiger charge is 2.52. The Kier molecular flexibility index (Phi) is 6.07. The lowest BCUT2D eigenvalue weighted by Crippen LogP contribution is -2.41. The maximum Gasteiger partial charge on any atom is 0.492 e. The van der Waals surface area contributed by atoms with Crippen LogP contribution in [0.3, 0.4) is 0 Å². The molecule has 0 aromatic carbocycles. The Morgan fingerprint density at radius 1 is 1.21 bits per heavy atom. The van der Waals surface area contributed by atoms with E-state index in [1.54, 1.807) is 0 Å². The van der Waals surface area contributed by atoms with E-state index in [0.29, 0.717) is 0 Å². The normalized spacial score (nSPS) is 19.1. The third-order valence-electron chi connectivity index (χ3n) is 5.29. The van der Waals surface area contributed by atoms with E-state index in [4.69, 9.17) is 14.0 Å². The van der Waals surface area contributed by atoms with Crippen LogP contribution in [0, 0.1) is 13.8 Å². The van der Waals surface area contributed by atoms with Crippen molar-refractivity contribution in [1.29, 1.82) is 0 Å². The van der Waals surface area contributed by atoms with Crippen LogP contribution in [0.25, 0.3) is 6.08 Å². The third kappa shape index (κ3) is 4.97. The van der Waals surface area contributed by atoms with Crippen LogP contribution in [-0.4, -0.2) is 46.3 Å². The number of carbonyl (C=O) groups is 1. The highest BCUT2D eigenvalue weighted by Crippen LogP contribution is 2.39. The molecular formula is C20H34BN3O4. The molecule has 0 bridgehead atoms. The quantitative estimate of drug-likeness (QED) is 0.795. The van der Waals surface area contributed by atoms with E-state index < -0.39 is 30.0 Å². The van der Waals surface area contributed by atoms with Gasteiger partial charge in [0.25, 0.3) is 0 Å². The standard InChI is InChI=1S/C20H34BN3O4/c1-13-16(14(2)24(10)23-13)11-15(12-22-17(25)26-18(3,4)5)21-27-19(6,7)20(8,9)28-21/h11H,12H2,1-10H3,(H,22,25). The van der Waals surface area contributed by atoms with Gasteiger partial charge in [-0.05, 0) is 67.8 Å². The number of nitrogens with one attached hydrogen (secondary N) is 1. The zero-order valence-electron chi connectivity index (χ0n) is 18.9. The van der Waals surface area contributed by atoms with Gasteiger partial charge >= 0.3 is 13.2 Å². The number of rotatable bonds is 4. The summed E-state index contributed by atoms with van der Waals surface area (Å²) in [5.41, 5.74) is 2.25. The predicted molar refractivity (Wildman–Crippen MR) is 111 cm³/mol. The molecule has 1 aliphatic rings. The Bertz CT molecular complexity index is 759. The summed E-state index contributed by atoms with van der Waals surface area (Å²) in [7, 11) is 1.34. The van der Waals surface area contributed by atoms with Crippen LogP contribution >= 0.6 is 0 Å². The SMILES string of the molecule is Cc1nn(C)c(C)c1C=C(CNC(=O)OC(C)(C)C)B1OC(C)(C)C(C)(C)O1. The van der Waals surface area contributed by atoms with E-state index in [1.807, 2.05) is 80.1 Å². The molecule has 28 heavy (non-hydrogen) atoms. The van der Waals surface area contributed by atoms with Gasteiger partial charge in [0.05, 0.1) is 16.9 Å². The maximum absolute atomic E-state index is 12.2. The molecule has 1 amide bonds. The van der Waals surface area contributed by atoms with Gasteiger partial charge in [-0.1, -0.05) is 6.08 Å². The monoisotopic (exact) mass is 391 g/mol. The first-order valence-electron chi connectivity index (χ1n) is 9.66. The number of hydrogen-bond acceptors (Lipinski definition) is 5. The zero-order valence-corrected chi connectivity index (χ0v) is 18.9. The van der Waals surface area contributed by atoms with Crippen molar-refractivity contribution in [3.63, 3.8) is 0 Å². The van der Waals surface area contributed by atoms with Gasteiger partial charge < -0.3 is 19.4 Å². The van der Waals surface area contributed by atoms with Crippen LogP contribution < -0.4 is 5.32 Å². The summed E-state index contributed by atoms with van der Waals surface area (Å²) >= 11 is 0. The van der Waals surface area contributed by atoms with Crippen LogP contribution in [0.5, 0.6) is 0 Å². The summed E-state index contributed by atoms with van der Waals surface area (Å²) in [6, 6.07) is 0. The lowest BCUT2D eigenvalue weighted by molar-refractivity contribution is 0.00578. The minimum Gasteiger partial charge on any atom is -0.444 e. The van der Waals surface area contributed by atoms with Gasteiger partial charge in [-0.2, -0.15) is 5.10 Å². The Labute approximate surface area is 168 Å². The molecule has 0 aliphatic carbocycles. The predicted octanol–water partition coefficient (Wildman–Crippen LogP) is 3.58. The third-order valence-corrected chi connectivity index (χ3v) is 5.29. The number of alkyl carbamates (subject to hydrolysis) is 1. The number of hydrogen-bond donors (Lipinski definition) is 1. The van der Waals surface area contributed by atoms with Gasteiger partial charge in [0.2, 0.25) is 0 Å². The molecule has 0 atom stereocenters. The molecule has 156 valence electrons. The van der Waals surface area contributed by atoms with Crippen LogP contribution in [0.2, 0.25) is 0 Å². The Morgan fingerprint density at radius 2 is 1.75 bits per heavy atom. The fourth-order valence-electron chi connectivity index (χ4n) is 2.87. The molecule has 0 radical (unpaired) electrons. The number of ether oxygens (including phenoxy) is 1. The minimum atomic E-state index is -0.570. The molecule has 0 saturated carbocycles. The van der Waals surface area contributed by atoms with E-state index >= 15 is 0 Å². The zero-order chi connectivity index (χ0) is 21.5. The molecule has 7 nitrogen and oxygen atoms in total. The summed E-state index contributed by atoms with van der Waals surface area (Å²) in [6.45, 7) is 17.7. The van der Waals surface area contributed by atoms with Crippen LogP contribution in [0.1, 0.15) is 65.4 Å². The van der Waals surface area contributed by atoms with Crippen molar-refractivity contribution in [1.82, 2.24) is 15.1 Å². The van der Waals surface area contributed by atoms with Crippen molar-refractivity contribution in [2.75, 3.05) is 6.54 Å². The lowest BCUT2D eigenvalue weighted by Gasteiger charge is -2.32. The maximum atomic E-state index is 12.2. The van der Waals surface area contributed by atoms with Crippen molar-refractivity contribution in [2.45, 2.75) is 79.1 Å². The van der Waals surface area contributed by atoms with Crippen molar-refractivity contribution in [3.05, 3.63) is 22.4 Å². The minimum absolute atomic E-state index is 0.250. The van der Waals surface area contributed by atoms with Gasteiger partial charge in [-0.3, -0.25) is 4.68 Å². The fraction of sp³-hybridized carbons (Fsp3) is 0.700. The number of nitrogens with zero attached hydrogens (tertiary/aromatic N) is 2. The van der Waals surface area contributed by atoms with Crippen LogP contribution in [-0.2, 0) is 21.1 Å². The summed E-state index contributed by atoms with van der Waals surface area (Å²) in [4.78, 5) is 12.2. The number of aryl methyl sites for hydroxylation is 2. The average Bonchev–Trinajstić information content (AvgIpc) is 2.86. The van der Waals surface area contributed by atoms with Gasteiger partial charge in [-0.25, -0.2) is 4.79 Å². The molecule has 1 saturated heterocycles. The van der Waals surface area contributed by atoms with Crippen molar-refractivity contribution in [3.8, 4) is 0 Å². The highest BCUT2D eigenvalue weighted by atomic mass is 16.7. The van der Waals surface area contributed by atoms with E-state index in [1.165, 1.54) is 0 Å². The number of aromatic nitrogens is 2. The van der Waals surface area contributed by atoms with Crippen molar-refractivity contribution >= 4 is 19.3 Å². The largest absolute Gasteiger partial charge is 0.492 e. The molecule has 1 aromatic rings. The topological polar surface area (TPSA) is 74.6 Å². The molecule has 1 N–H and O–H groups in total. The summed E-state index contributed by atoms with van der Waals surface area (Å²) in [5.74, 6) is 0. The second kappa shape index (κ2) is 7.56. The number of carbonyl (C=O) groups excluding carboxylic acids is 1. The van der Waals surface area contributed by atoms with Crippen molar-refractivity contribution < 1.29 is 18.8 Å². The first kappa shape index (κ1) is 22.5. The first-order chi connectivity index (χ1) is 12.6. The first-order valence-corrected chi connectivity index (χ1v) is 9.66. The highest BCUT2D eigenvalue weighted by molar-refractivity contribution is 6.56. The number of amides is 1. The van der Waals surface area contributed by atoms with E-state index in [9.17, 15) is 4.79 Å².